The Hall–Kier alpha value is -1.47. The average molecular weight is 285 g/mol. The third kappa shape index (κ3) is 3.55. The van der Waals surface area contributed by atoms with Crippen molar-refractivity contribution >= 4 is 11.6 Å². The molecule has 1 aliphatic heterocycles. The molecule has 0 spiro atoms. The molecule has 2 rings (SSSR count). The fourth-order valence-electron chi connectivity index (χ4n) is 2.22. The average Bonchev–Trinajstić information content (AvgIpc) is 2.41. The summed E-state index contributed by atoms with van der Waals surface area (Å²) in [6.07, 6.45) is 0. The maximum atomic E-state index is 13.7. The molecule has 0 bridgehead atoms. The Kier molecular flexibility index (Phi) is 4.72. The number of rotatable bonds is 4. The molecular weight excluding hydrogens is 264 g/mol. The molecule has 5 nitrogen and oxygen atoms in total. The number of piperazine rings is 1. The van der Waals surface area contributed by atoms with E-state index in [1.165, 1.54) is 0 Å². The van der Waals surface area contributed by atoms with Crippen molar-refractivity contribution in [1.82, 2.24) is 14.8 Å². The van der Waals surface area contributed by atoms with E-state index in [9.17, 15) is 8.78 Å². The molecule has 1 aromatic heterocycles. The van der Waals surface area contributed by atoms with Gasteiger partial charge in [0.1, 0.15) is 0 Å². The number of hydrogen-bond acceptors (Lipinski definition) is 5. The summed E-state index contributed by atoms with van der Waals surface area (Å²) in [5, 5.41) is 0. The first-order valence-electron chi connectivity index (χ1n) is 6.71. The molecule has 0 aliphatic carbocycles. The minimum absolute atomic E-state index is 0.149. The Labute approximate surface area is 118 Å². The normalized spacial score (nSPS) is 16.9. The third-order valence-electron chi connectivity index (χ3n) is 3.47. The number of nitrogens with two attached hydrogens (primary N) is 1. The molecule has 7 heteroatoms. The summed E-state index contributed by atoms with van der Waals surface area (Å²) in [6, 6.07) is 0.802. The molecule has 1 fully saturated rings. The second-order valence-corrected chi connectivity index (χ2v) is 5.29. The number of nitrogens with zero attached hydrogens (tertiary/aromatic N) is 4. The molecular formula is C13H21F2N5. The molecule has 1 aliphatic rings. The topological polar surface area (TPSA) is 48.6 Å². The summed E-state index contributed by atoms with van der Waals surface area (Å²) in [6.45, 7) is 5.00. The largest absolute Gasteiger partial charge is 0.381 e. The molecule has 20 heavy (non-hydrogen) atoms. The van der Waals surface area contributed by atoms with E-state index in [2.05, 4.69) is 14.8 Å². The van der Waals surface area contributed by atoms with E-state index in [1.54, 1.807) is 0 Å². The van der Waals surface area contributed by atoms with Gasteiger partial charge in [0.25, 0.3) is 0 Å². The van der Waals surface area contributed by atoms with Gasteiger partial charge in [-0.2, -0.15) is 0 Å². The second kappa shape index (κ2) is 6.32. The standard InChI is InChI=1S/C13H21F2N5/c1-18(2)3-4-19-5-7-20(8-6-19)13-11(15)9-10(14)12(16)17-13/h9H,3-8H2,1-2H3,(H2,16,17). The van der Waals surface area contributed by atoms with Crippen LogP contribution in [0.3, 0.4) is 0 Å². The summed E-state index contributed by atoms with van der Waals surface area (Å²) in [7, 11) is 4.08. The lowest BCUT2D eigenvalue weighted by molar-refractivity contribution is 0.228. The monoisotopic (exact) mass is 285 g/mol. The first kappa shape index (κ1) is 14.9. The van der Waals surface area contributed by atoms with E-state index in [-0.39, 0.29) is 11.6 Å². The fraction of sp³-hybridized carbons (Fsp3) is 0.615. The van der Waals surface area contributed by atoms with Crippen LogP contribution in [0.25, 0.3) is 0 Å². The maximum Gasteiger partial charge on any atom is 0.168 e. The van der Waals surface area contributed by atoms with E-state index in [4.69, 9.17) is 5.73 Å². The van der Waals surface area contributed by atoms with Crippen LogP contribution in [0.4, 0.5) is 20.4 Å². The Morgan fingerprint density at radius 2 is 1.85 bits per heavy atom. The number of likely N-dealkylation sites (N-methyl/N-ethyl adjacent to an activating group) is 1. The first-order chi connectivity index (χ1) is 9.47. The highest BCUT2D eigenvalue weighted by atomic mass is 19.1. The van der Waals surface area contributed by atoms with Crippen molar-refractivity contribution in [1.29, 1.82) is 0 Å². The van der Waals surface area contributed by atoms with Gasteiger partial charge >= 0.3 is 0 Å². The van der Waals surface area contributed by atoms with Gasteiger partial charge in [-0.05, 0) is 14.1 Å². The van der Waals surface area contributed by atoms with Crippen LogP contribution < -0.4 is 10.6 Å². The van der Waals surface area contributed by atoms with E-state index in [0.717, 1.165) is 32.2 Å². The minimum atomic E-state index is -0.809. The predicted molar refractivity (Wildman–Crippen MR) is 75.8 cm³/mol. The van der Waals surface area contributed by atoms with Crippen molar-refractivity contribution in [2.24, 2.45) is 0 Å². The minimum Gasteiger partial charge on any atom is -0.381 e. The number of pyridine rings is 1. The van der Waals surface area contributed by atoms with Crippen molar-refractivity contribution in [3.8, 4) is 0 Å². The van der Waals surface area contributed by atoms with Crippen molar-refractivity contribution in [2.75, 3.05) is 64.0 Å². The number of hydrogen-bond donors (Lipinski definition) is 1. The van der Waals surface area contributed by atoms with Crippen molar-refractivity contribution in [2.45, 2.75) is 0 Å². The third-order valence-corrected chi connectivity index (χ3v) is 3.47. The van der Waals surface area contributed by atoms with Crippen LogP contribution in [0.5, 0.6) is 0 Å². The first-order valence-corrected chi connectivity index (χ1v) is 6.71. The van der Waals surface area contributed by atoms with Crippen molar-refractivity contribution < 1.29 is 8.78 Å². The number of aromatic nitrogens is 1. The number of anilines is 2. The molecule has 0 radical (unpaired) electrons. The molecule has 2 N–H and O–H groups in total. The van der Waals surface area contributed by atoms with E-state index < -0.39 is 11.6 Å². The Bertz CT molecular complexity index is 458. The van der Waals surface area contributed by atoms with Gasteiger partial charge in [0.2, 0.25) is 0 Å². The Balaban J connectivity index is 1.95. The Morgan fingerprint density at radius 3 is 2.45 bits per heavy atom. The highest BCUT2D eigenvalue weighted by Gasteiger charge is 2.21. The summed E-state index contributed by atoms with van der Waals surface area (Å²) in [4.78, 5) is 10.1. The fourth-order valence-corrected chi connectivity index (χ4v) is 2.22. The SMILES string of the molecule is CN(C)CCN1CCN(c2nc(N)c(F)cc2F)CC1. The zero-order valence-electron chi connectivity index (χ0n) is 11.9. The lowest BCUT2D eigenvalue weighted by Crippen LogP contribution is -2.48. The van der Waals surface area contributed by atoms with Gasteiger partial charge < -0.3 is 15.5 Å². The van der Waals surface area contributed by atoms with Gasteiger partial charge in [-0.25, -0.2) is 13.8 Å². The van der Waals surface area contributed by atoms with Gasteiger partial charge in [0.15, 0.2) is 23.3 Å². The van der Waals surface area contributed by atoms with E-state index >= 15 is 0 Å². The maximum absolute atomic E-state index is 13.7. The molecule has 0 saturated carbocycles. The molecule has 0 aromatic carbocycles. The van der Waals surface area contributed by atoms with Gasteiger partial charge in [0, 0.05) is 45.3 Å². The van der Waals surface area contributed by atoms with E-state index in [0.29, 0.717) is 13.1 Å². The van der Waals surface area contributed by atoms with Crippen LogP contribution in [0.15, 0.2) is 6.07 Å². The molecule has 112 valence electrons. The van der Waals surface area contributed by atoms with Crippen LogP contribution in [0, 0.1) is 11.6 Å². The lowest BCUT2D eigenvalue weighted by Gasteiger charge is -2.36. The van der Waals surface area contributed by atoms with Gasteiger partial charge in [-0.15, -0.1) is 0 Å². The molecule has 1 saturated heterocycles. The van der Waals surface area contributed by atoms with Crippen LogP contribution in [-0.4, -0.2) is 68.1 Å². The van der Waals surface area contributed by atoms with Crippen LogP contribution in [0.2, 0.25) is 0 Å². The molecule has 1 aromatic rings. The zero-order valence-corrected chi connectivity index (χ0v) is 11.9. The number of halogens is 2. The summed E-state index contributed by atoms with van der Waals surface area (Å²) in [5.74, 6) is -1.57. The quantitative estimate of drug-likeness (QED) is 0.879. The predicted octanol–water partition coefficient (Wildman–Crippen LogP) is 0.626. The van der Waals surface area contributed by atoms with E-state index in [1.807, 2.05) is 19.0 Å². The molecule has 0 amide bonds. The Morgan fingerprint density at radius 1 is 1.20 bits per heavy atom. The van der Waals surface area contributed by atoms with Gasteiger partial charge in [0.05, 0.1) is 0 Å². The smallest absolute Gasteiger partial charge is 0.168 e. The lowest BCUT2D eigenvalue weighted by atomic mass is 10.3. The number of nitrogen functional groups attached to an aromatic ring is 1. The van der Waals surface area contributed by atoms with Crippen LogP contribution in [-0.2, 0) is 0 Å². The second-order valence-electron chi connectivity index (χ2n) is 5.29. The highest BCUT2D eigenvalue weighted by Crippen LogP contribution is 2.21. The highest BCUT2D eigenvalue weighted by molar-refractivity contribution is 5.47. The summed E-state index contributed by atoms with van der Waals surface area (Å²) in [5.41, 5.74) is 5.41. The molecule has 2 heterocycles. The van der Waals surface area contributed by atoms with Crippen molar-refractivity contribution in [3.63, 3.8) is 0 Å². The molecule has 0 atom stereocenters. The van der Waals surface area contributed by atoms with Crippen LogP contribution >= 0.6 is 0 Å². The van der Waals surface area contributed by atoms with Gasteiger partial charge in [-0.1, -0.05) is 0 Å². The van der Waals surface area contributed by atoms with Gasteiger partial charge in [-0.3, -0.25) is 4.90 Å². The molecule has 0 unspecified atom stereocenters. The van der Waals surface area contributed by atoms with Crippen molar-refractivity contribution in [3.05, 3.63) is 17.7 Å². The summed E-state index contributed by atoms with van der Waals surface area (Å²) >= 11 is 0. The summed E-state index contributed by atoms with van der Waals surface area (Å²) < 4.78 is 26.9. The van der Waals surface area contributed by atoms with Crippen LogP contribution in [0.1, 0.15) is 0 Å². The zero-order chi connectivity index (χ0) is 14.7.